The highest BCUT2D eigenvalue weighted by Gasteiger charge is 2.25. The third kappa shape index (κ3) is 4.33. The van der Waals surface area contributed by atoms with E-state index in [1.165, 1.54) is 10.6 Å². The number of aromatic nitrogens is 2. The molecule has 1 amide bonds. The van der Waals surface area contributed by atoms with Crippen molar-refractivity contribution in [3.63, 3.8) is 0 Å². The third-order valence-electron chi connectivity index (χ3n) is 4.33. The Morgan fingerprint density at radius 1 is 1.28 bits per heavy atom. The van der Waals surface area contributed by atoms with Crippen LogP contribution in [0.15, 0.2) is 4.47 Å². The second-order valence-electron chi connectivity index (χ2n) is 6.15. The first-order valence-corrected chi connectivity index (χ1v) is 10.8. The first-order chi connectivity index (χ1) is 11.9. The normalized spacial score (nSPS) is 19.3. The quantitative estimate of drug-likeness (QED) is 0.683. The molecule has 1 fully saturated rings. The first kappa shape index (κ1) is 18.6. The second kappa shape index (κ2) is 7.60. The summed E-state index contributed by atoms with van der Waals surface area (Å²) >= 11 is 3.39. The summed E-state index contributed by atoms with van der Waals surface area (Å²) in [7, 11) is -3.12. The molecule has 0 bridgehead atoms. The number of aryl methyl sites for hydroxylation is 1. The van der Waals surface area contributed by atoms with Crippen molar-refractivity contribution in [2.75, 3.05) is 52.1 Å². The van der Waals surface area contributed by atoms with Crippen LogP contribution in [0.1, 0.15) is 16.9 Å². The zero-order valence-corrected chi connectivity index (χ0v) is 16.5. The van der Waals surface area contributed by atoms with E-state index in [2.05, 4.69) is 31.2 Å². The number of nitrogens with one attached hydrogen (secondary N) is 1. The molecule has 9 nitrogen and oxygen atoms in total. The van der Waals surface area contributed by atoms with E-state index in [1.54, 1.807) is 4.68 Å². The van der Waals surface area contributed by atoms with Crippen LogP contribution in [0.2, 0.25) is 0 Å². The Morgan fingerprint density at radius 2 is 2.00 bits per heavy atom. The fourth-order valence-corrected chi connectivity index (χ4v) is 4.34. The van der Waals surface area contributed by atoms with Gasteiger partial charge in [0.15, 0.2) is 5.69 Å². The highest BCUT2D eigenvalue weighted by molar-refractivity contribution is 9.10. The molecule has 11 heteroatoms. The lowest BCUT2D eigenvalue weighted by molar-refractivity contribution is 0.0938. The van der Waals surface area contributed by atoms with Gasteiger partial charge in [0, 0.05) is 52.2 Å². The van der Waals surface area contributed by atoms with Crippen molar-refractivity contribution in [3.8, 4) is 5.88 Å². The van der Waals surface area contributed by atoms with E-state index in [0.717, 1.165) is 13.0 Å². The van der Waals surface area contributed by atoms with Crippen LogP contribution in [0, 0.1) is 0 Å². The van der Waals surface area contributed by atoms with E-state index in [1.807, 2.05) is 0 Å². The van der Waals surface area contributed by atoms with Crippen molar-refractivity contribution in [3.05, 3.63) is 10.2 Å². The number of nitrogens with zero attached hydrogens (tertiary/aromatic N) is 4. The highest BCUT2D eigenvalue weighted by atomic mass is 79.9. The van der Waals surface area contributed by atoms with Crippen LogP contribution >= 0.6 is 15.9 Å². The minimum absolute atomic E-state index is 0.243. The highest BCUT2D eigenvalue weighted by Crippen LogP contribution is 2.31. The van der Waals surface area contributed by atoms with Crippen LogP contribution < -0.4 is 10.1 Å². The van der Waals surface area contributed by atoms with E-state index in [9.17, 15) is 13.2 Å². The molecule has 0 saturated carbocycles. The number of rotatable bonds is 5. The Bertz CT molecular complexity index is 743. The van der Waals surface area contributed by atoms with Crippen LogP contribution in [0.25, 0.3) is 0 Å². The summed E-state index contributed by atoms with van der Waals surface area (Å²) in [6.07, 6.45) is 2.11. The molecular weight excluding hydrogens is 414 g/mol. The van der Waals surface area contributed by atoms with Gasteiger partial charge in [-0.25, -0.2) is 13.1 Å². The number of carbonyl (C=O) groups is 1. The van der Waals surface area contributed by atoms with Crippen molar-refractivity contribution in [1.29, 1.82) is 0 Å². The average molecular weight is 436 g/mol. The Hall–Kier alpha value is -1.17. The summed E-state index contributed by atoms with van der Waals surface area (Å²) < 4.78 is 32.3. The fourth-order valence-electron chi connectivity index (χ4n) is 2.94. The molecule has 25 heavy (non-hydrogen) atoms. The SMILES string of the molecule is CS(=O)(=O)N1CCN(CCNC(=O)c2nn3c(c2Br)OCCC3)CC1. The average Bonchev–Trinajstić information content (AvgIpc) is 2.92. The van der Waals surface area contributed by atoms with Gasteiger partial charge < -0.3 is 10.1 Å². The number of amides is 1. The molecule has 1 saturated heterocycles. The molecule has 0 radical (unpaired) electrons. The molecular formula is C14H22BrN5O4S. The van der Waals surface area contributed by atoms with Gasteiger partial charge in [0.05, 0.1) is 12.9 Å². The molecule has 1 aromatic rings. The maximum atomic E-state index is 12.3. The van der Waals surface area contributed by atoms with Gasteiger partial charge in [0.25, 0.3) is 5.91 Å². The van der Waals surface area contributed by atoms with E-state index < -0.39 is 10.0 Å². The molecule has 2 aliphatic heterocycles. The zero-order chi connectivity index (χ0) is 18.0. The first-order valence-electron chi connectivity index (χ1n) is 8.21. The van der Waals surface area contributed by atoms with Crippen molar-refractivity contribution in [2.24, 2.45) is 0 Å². The number of halogens is 1. The van der Waals surface area contributed by atoms with E-state index in [0.29, 0.717) is 61.9 Å². The molecule has 3 rings (SSSR count). The van der Waals surface area contributed by atoms with Crippen molar-refractivity contribution < 1.29 is 17.9 Å². The molecule has 0 atom stereocenters. The van der Waals surface area contributed by atoms with Gasteiger partial charge in [0.1, 0.15) is 4.47 Å². The smallest absolute Gasteiger partial charge is 0.273 e. The van der Waals surface area contributed by atoms with Gasteiger partial charge >= 0.3 is 0 Å². The molecule has 2 aliphatic rings. The van der Waals surface area contributed by atoms with Crippen molar-refractivity contribution in [1.82, 2.24) is 24.3 Å². The standard InChI is InChI=1S/C14H22BrN5O4S/c1-25(22,23)19-8-6-18(7-9-19)5-3-16-13(21)12-11(15)14-20(17-12)4-2-10-24-14/h2-10H2,1H3,(H,16,21). The van der Waals surface area contributed by atoms with E-state index in [4.69, 9.17) is 4.74 Å². The number of ether oxygens (including phenoxy) is 1. The molecule has 0 unspecified atom stereocenters. The van der Waals surface area contributed by atoms with Gasteiger partial charge in [-0.2, -0.15) is 9.40 Å². The number of sulfonamides is 1. The molecule has 3 heterocycles. The minimum Gasteiger partial charge on any atom is -0.477 e. The fraction of sp³-hybridized carbons (Fsp3) is 0.714. The molecule has 1 aromatic heterocycles. The Balaban J connectivity index is 1.47. The van der Waals surface area contributed by atoms with E-state index >= 15 is 0 Å². The predicted molar refractivity (Wildman–Crippen MR) is 95.2 cm³/mol. The largest absolute Gasteiger partial charge is 0.477 e. The van der Waals surface area contributed by atoms with E-state index in [-0.39, 0.29) is 5.91 Å². The van der Waals surface area contributed by atoms with Crippen LogP contribution in [0.5, 0.6) is 5.88 Å². The number of piperazine rings is 1. The Kier molecular flexibility index (Phi) is 5.66. The topological polar surface area (TPSA) is 96.8 Å². The predicted octanol–water partition coefficient (Wildman–Crippen LogP) is -0.265. The lowest BCUT2D eigenvalue weighted by Crippen LogP contribution is -2.49. The van der Waals surface area contributed by atoms with Gasteiger partial charge in [0.2, 0.25) is 15.9 Å². The number of hydrogen-bond acceptors (Lipinski definition) is 6. The maximum Gasteiger partial charge on any atom is 0.273 e. The van der Waals surface area contributed by atoms with Crippen LogP contribution in [-0.2, 0) is 16.6 Å². The minimum atomic E-state index is -3.12. The number of hydrogen-bond donors (Lipinski definition) is 1. The monoisotopic (exact) mass is 435 g/mol. The summed E-state index contributed by atoms with van der Waals surface area (Å²) in [6, 6.07) is 0. The third-order valence-corrected chi connectivity index (χ3v) is 6.35. The summed E-state index contributed by atoms with van der Waals surface area (Å²) in [5.41, 5.74) is 0.332. The van der Waals surface area contributed by atoms with Gasteiger partial charge in [-0.05, 0) is 15.9 Å². The summed E-state index contributed by atoms with van der Waals surface area (Å²) in [4.78, 5) is 14.5. The summed E-state index contributed by atoms with van der Waals surface area (Å²) in [5.74, 6) is 0.362. The van der Waals surface area contributed by atoms with Crippen LogP contribution in [-0.4, -0.2) is 85.4 Å². The summed E-state index contributed by atoms with van der Waals surface area (Å²) in [5, 5.41) is 7.16. The summed E-state index contributed by atoms with van der Waals surface area (Å²) in [6.45, 7) is 4.83. The molecule has 140 valence electrons. The lowest BCUT2D eigenvalue weighted by atomic mass is 10.3. The zero-order valence-electron chi connectivity index (χ0n) is 14.1. The Labute approximate surface area is 155 Å². The maximum absolute atomic E-state index is 12.3. The molecule has 0 aromatic carbocycles. The molecule has 0 spiro atoms. The van der Waals surface area contributed by atoms with Gasteiger partial charge in [-0.3, -0.25) is 9.69 Å². The van der Waals surface area contributed by atoms with Crippen molar-refractivity contribution in [2.45, 2.75) is 13.0 Å². The number of carbonyl (C=O) groups excluding carboxylic acids is 1. The van der Waals surface area contributed by atoms with Gasteiger partial charge in [-0.1, -0.05) is 0 Å². The van der Waals surface area contributed by atoms with Gasteiger partial charge in [-0.15, -0.1) is 0 Å². The van der Waals surface area contributed by atoms with Crippen LogP contribution in [0.4, 0.5) is 0 Å². The Morgan fingerprint density at radius 3 is 2.64 bits per heavy atom. The lowest BCUT2D eigenvalue weighted by Gasteiger charge is -2.33. The molecule has 0 aliphatic carbocycles. The van der Waals surface area contributed by atoms with Crippen molar-refractivity contribution >= 4 is 31.9 Å². The number of fused-ring (bicyclic) bond motifs is 1. The van der Waals surface area contributed by atoms with Crippen LogP contribution in [0.3, 0.4) is 0 Å². The second-order valence-corrected chi connectivity index (χ2v) is 8.93. The molecule has 1 N–H and O–H groups in total.